The number of nitro groups is 1. The summed E-state index contributed by atoms with van der Waals surface area (Å²) in [6.45, 7) is 1.84. The van der Waals surface area contributed by atoms with Crippen LogP contribution in [-0.2, 0) is 10.0 Å². The standard InChI is InChI=1S/C21H17Cl2N3O5S/c1-2-25(15-6-4-3-5-7-15)32(30,31)20-12-14(8-10-19(20)23)24-21(27)17-13-16(26(28)29)9-11-18(17)22/h3-13H,2H2,1H3,(H,24,27). The highest BCUT2D eigenvalue weighted by Gasteiger charge is 2.27. The molecule has 0 spiro atoms. The first-order chi connectivity index (χ1) is 15.1. The van der Waals surface area contributed by atoms with Crippen molar-refractivity contribution in [2.45, 2.75) is 11.8 Å². The zero-order valence-electron chi connectivity index (χ0n) is 16.7. The highest BCUT2D eigenvalue weighted by molar-refractivity contribution is 7.93. The number of hydrogen-bond acceptors (Lipinski definition) is 5. The Morgan fingerprint density at radius 2 is 1.69 bits per heavy atom. The number of carbonyl (C=O) groups is 1. The Labute approximate surface area is 194 Å². The van der Waals surface area contributed by atoms with Crippen molar-refractivity contribution in [3.05, 3.63) is 92.5 Å². The third kappa shape index (κ3) is 4.85. The number of rotatable bonds is 7. The Hall–Kier alpha value is -3.14. The van der Waals surface area contributed by atoms with E-state index >= 15 is 0 Å². The van der Waals surface area contributed by atoms with Crippen LogP contribution in [0.25, 0.3) is 0 Å². The van der Waals surface area contributed by atoms with Crippen molar-refractivity contribution in [2.75, 3.05) is 16.2 Å². The zero-order valence-corrected chi connectivity index (χ0v) is 19.0. The largest absolute Gasteiger partial charge is 0.322 e. The number of para-hydroxylation sites is 1. The maximum Gasteiger partial charge on any atom is 0.270 e. The maximum absolute atomic E-state index is 13.3. The Bertz CT molecular complexity index is 1280. The average molecular weight is 494 g/mol. The van der Waals surface area contributed by atoms with Crippen LogP contribution < -0.4 is 9.62 Å². The van der Waals surface area contributed by atoms with E-state index in [0.717, 1.165) is 6.07 Å². The molecule has 0 heterocycles. The van der Waals surface area contributed by atoms with Crippen LogP contribution in [0.2, 0.25) is 10.0 Å². The fourth-order valence-corrected chi connectivity index (χ4v) is 5.16. The van der Waals surface area contributed by atoms with Crippen molar-refractivity contribution in [1.29, 1.82) is 0 Å². The number of amides is 1. The molecule has 3 aromatic rings. The van der Waals surface area contributed by atoms with Gasteiger partial charge in [-0.25, -0.2) is 8.42 Å². The Morgan fingerprint density at radius 1 is 1.03 bits per heavy atom. The second kappa shape index (κ2) is 9.56. The second-order valence-electron chi connectivity index (χ2n) is 6.53. The summed E-state index contributed by atoms with van der Waals surface area (Å²) in [5.74, 6) is -0.736. The van der Waals surface area contributed by atoms with E-state index in [0.29, 0.717) is 5.69 Å². The molecular formula is C21H17Cl2N3O5S. The molecule has 0 unspecified atom stereocenters. The van der Waals surface area contributed by atoms with E-state index in [1.807, 2.05) is 0 Å². The summed E-state index contributed by atoms with van der Waals surface area (Å²) < 4.78 is 27.8. The van der Waals surface area contributed by atoms with Crippen LogP contribution in [0.4, 0.5) is 17.1 Å². The van der Waals surface area contributed by atoms with Gasteiger partial charge in [-0.05, 0) is 43.3 Å². The number of anilines is 2. The van der Waals surface area contributed by atoms with Gasteiger partial charge >= 0.3 is 0 Å². The summed E-state index contributed by atoms with van der Waals surface area (Å²) >= 11 is 12.2. The first-order valence-corrected chi connectivity index (χ1v) is 11.5. The highest BCUT2D eigenvalue weighted by atomic mass is 35.5. The summed E-state index contributed by atoms with van der Waals surface area (Å²) in [4.78, 5) is 22.8. The Kier molecular flexibility index (Phi) is 7.02. The molecule has 1 N–H and O–H groups in total. The monoisotopic (exact) mass is 493 g/mol. The predicted molar refractivity (Wildman–Crippen MR) is 124 cm³/mol. The summed E-state index contributed by atoms with van der Waals surface area (Å²) in [6.07, 6.45) is 0. The van der Waals surface area contributed by atoms with Gasteiger partial charge in [0, 0.05) is 24.4 Å². The molecule has 3 rings (SSSR count). The fourth-order valence-electron chi connectivity index (χ4n) is 2.98. The van der Waals surface area contributed by atoms with Gasteiger partial charge in [0.05, 0.1) is 26.2 Å². The lowest BCUT2D eigenvalue weighted by Gasteiger charge is -2.23. The van der Waals surface area contributed by atoms with E-state index in [9.17, 15) is 23.3 Å². The van der Waals surface area contributed by atoms with Crippen molar-refractivity contribution in [2.24, 2.45) is 0 Å². The van der Waals surface area contributed by atoms with Gasteiger partial charge in [-0.3, -0.25) is 19.2 Å². The summed E-state index contributed by atoms with van der Waals surface area (Å²) in [5, 5.41) is 13.5. The molecule has 0 radical (unpaired) electrons. The van der Waals surface area contributed by atoms with Gasteiger partial charge in [-0.2, -0.15) is 0 Å². The van der Waals surface area contributed by atoms with Crippen molar-refractivity contribution in [3.8, 4) is 0 Å². The van der Waals surface area contributed by atoms with Crippen molar-refractivity contribution in [1.82, 2.24) is 0 Å². The van der Waals surface area contributed by atoms with E-state index in [4.69, 9.17) is 23.2 Å². The minimum atomic E-state index is -4.05. The van der Waals surface area contributed by atoms with Crippen LogP contribution in [0.5, 0.6) is 0 Å². The Balaban J connectivity index is 1.96. The first-order valence-electron chi connectivity index (χ1n) is 9.27. The van der Waals surface area contributed by atoms with Gasteiger partial charge in [0.15, 0.2) is 0 Å². The van der Waals surface area contributed by atoms with Crippen LogP contribution in [0.3, 0.4) is 0 Å². The van der Waals surface area contributed by atoms with Crippen LogP contribution in [0.1, 0.15) is 17.3 Å². The quantitative estimate of drug-likeness (QED) is 0.351. The van der Waals surface area contributed by atoms with E-state index < -0.39 is 20.9 Å². The maximum atomic E-state index is 13.3. The van der Waals surface area contributed by atoms with E-state index in [-0.39, 0.29) is 38.4 Å². The molecule has 8 nitrogen and oxygen atoms in total. The normalized spacial score (nSPS) is 11.1. The number of nitro benzene ring substituents is 1. The van der Waals surface area contributed by atoms with E-state index in [1.54, 1.807) is 37.3 Å². The molecule has 32 heavy (non-hydrogen) atoms. The highest BCUT2D eigenvalue weighted by Crippen LogP contribution is 2.31. The van der Waals surface area contributed by atoms with Gasteiger partial charge in [0.25, 0.3) is 21.6 Å². The van der Waals surface area contributed by atoms with Gasteiger partial charge in [0.2, 0.25) is 0 Å². The first kappa shape index (κ1) is 23.5. The minimum Gasteiger partial charge on any atom is -0.322 e. The lowest BCUT2D eigenvalue weighted by atomic mass is 10.2. The van der Waals surface area contributed by atoms with Crippen molar-refractivity contribution < 1.29 is 18.1 Å². The molecule has 0 saturated carbocycles. The lowest BCUT2D eigenvalue weighted by Crippen LogP contribution is -2.31. The summed E-state index contributed by atoms with van der Waals surface area (Å²) in [6, 6.07) is 16.0. The number of hydrogen-bond donors (Lipinski definition) is 1. The SMILES string of the molecule is CCN(c1ccccc1)S(=O)(=O)c1cc(NC(=O)c2cc([N+](=O)[O-])ccc2Cl)ccc1Cl. The number of sulfonamides is 1. The molecule has 0 atom stereocenters. The summed E-state index contributed by atoms with van der Waals surface area (Å²) in [5.41, 5.74) is 0.161. The predicted octanol–water partition coefficient (Wildman–Crippen LogP) is 5.37. The minimum absolute atomic E-state index is 0.0103. The van der Waals surface area contributed by atoms with Gasteiger partial charge in [-0.1, -0.05) is 41.4 Å². The molecule has 166 valence electrons. The third-order valence-electron chi connectivity index (χ3n) is 4.49. The topological polar surface area (TPSA) is 110 Å². The van der Waals surface area contributed by atoms with Crippen LogP contribution >= 0.6 is 23.2 Å². The zero-order chi connectivity index (χ0) is 23.5. The van der Waals surface area contributed by atoms with Crippen molar-refractivity contribution in [3.63, 3.8) is 0 Å². The molecule has 0 aliphatic carbocycles. The average Bonchev–Trinajstić information content (AvgIpc) is 2.76. The van der Waals surface area contributed by atoms with Gasteiger partial charge in [-0.15, -0.1) is 0 Å². The van der Waals surface area contributed by atoms with Crippen LogP contribution in [-0.4, -0.2) is 25.8 Å². The third-order valence-corrected chi connectivity index (χ3v) is 7.21. The van der Waals surface area contributed by atoms with Crippen molar-refractivity contribution >= 4 is 56.2 Å². The fraction of sp³-hybridized carbons (Fsp3) is 0.0952. The molecule has 0 fully saturated rings. The molecule has 0 aliphatic rings. The van der Waals surface area contributed by atoms with E-state index in [1.165, 1.54) is 34.6 Å². The molecule has 1 amide bonds. The molecule has 0 bridgehead atoms. The van der Waals surface area contributed by atoms with E-state index in [2.05, 4.69) is 5.32 Å². The lowest BCUT2D eigenvalue weighted by molar-refractivity contribution is -0.384. The molecule has 11 heteroatoms. The smallest absolute Gasteiger partial charge is 0.270 e. The molecular weight excluding hydrogens is 477 g/mol. The number of nitrogens with one attached hydrogen (secondary N) is 1. The Morgan fingerprint density at radius 3 is 2.31 bits per heavy atom. The number of benzene rings is 3. The number of halogens is 2. The number of non-ortho nitro benzene ring substituents is 1. The van der Waals surface area contributed by atoms with Gasteiger partial charge in [0.1, 0.15) is 4.90 Å². The molecule has 0 saturated heterocycles. The molecule has 3 aromatic carbocycles. The second-order valence-corrected chi connectivity index (χ2v) is 9.17. The summed E-state index contributed by atoms with van der Waals surface area (Å²) in [7, 11) is -4.05. The number of nitrogens with zero attached hydrogens (tertiary/aromatic N) is 2. The number of carbonyl (C=O) groups excluding carboxylic acids is 1. The molecule has 0 aliphatic heterocycles. The van der Waals surface area contributed by atoms with Crippen LogP contribution in [0.15, 0.2) is 71.6 Å². The van der Waals surface area contributed by atoms with Crippen LogP contribution in [0, 0.1) is 10.1 Å². The molecule has 0 aromatic heterocycles. The van der Waals surface area contributed by atoms with Gasteiger partial charge < -0.3 is 5.32 Å².